The Morgan fingerprint density at radius 2 is 1.81 bits per heavy atom. The molecule has 0 amide bonds. The maximum Gasteiger partial charge on any atom is 0.157 e. The molecule has 5 heteroatoms. The highest BCUT2D eigenvalue weighted by molar-refractivity contribution is 7.92. The molecule has 0 aliphatic carbocycles. The van der Waals surface area contributed by atoms with Crippen LogP contribution in [0.3, 0.4) is 0 Å². The molecule has 1 aromatic carbocycles. The van der Waals surface area contributed by atoms with Crippen molar-refractivity contribution in [3.8, 4) is 0 Å². The van der Waals surface area contributed by atoms with Gasteiger partial charge in [0.05, 0.1) is 0 Å². The molecular formula is C11H13ClO3S. The van der Waals surface area contributed by atoms with Crippen molar-refractivity contribution >= 4 is 27.2 Å². The molecular weight excluding hydrogens is 248 g/mol. The number of hydrogen-bond acceptors (Lipinski definition) is 3. The van der Waals surface area contributed by atoms with Crippen LogP contribution in [0.15, 0.2) is 24.3 Å². The monoisotopic (exact) mass is 260 g/mol. The second-order valence-electron chi connectivity index (χ2n) is 3.74. The third kappa shape index (κ3) is 3.61. The minimum absolute atomic E-state index is 0.116. The number of hydrogen-bond donors (Lipinski definition) is 0. The lowest BCUT2D eigenvalue weighted by molar-refractivity contribution is -0.117. The third-order valence-corrected chi connectivity index (χ3v) is 4.19. The van der Waals surface area contributed by atoms with Crippen LogP contribution in [0.1, 0.15) is 12.5 Å². The zero-order valence-corrected chi connectivity index (χ0v) is 10.7. The van der Waals surface area contributed by atoms with Gasteiger partial charge in [0.2, 0.25) is 0 Å². The Hall–Kier alpha value is -0.870. The van der Waals surface area contributed by atoms with Crippen molar-refractivity contribution in [2.24, 2.45) is 0 Å². The van der Waals surface area contributed by atoms with Crippen molar-refractivity contribution in [3.05, 3.63) is 34.9 Å². The Morgan fingerprint density at radius 3 is 2.25 bits per heavy atom. The molecule has 1 aromatic rings. The van der Waals surface area contributed by atoms with Gasteiger partial charge in [-0.1, -0.05) is 23.7 Å². The Kier molecular flexibility index (Phi) is 4.10. The van der Waals surface area contributed by atoms with Gasteiger partial charge in [0.25, 0.3) is 0 Å². The first-order chi connectivity index (χ1) is 7.30. The predicted octanol–water partition coefficient (Wildman–Crippen LogP) is 1.88. The van der Waals surface area contributed by atoms with E-state index in [4.69, 9.17) is 11.6 Å². The van der Waals surface area contributed by atoms with E-state index in [-0.39, 0.29) is 12.2 Å². The number of halogens is 1. The van der Waals surface area contributed by atoms with Crippen molar-refractivity contribution in [2.75, 3.05) is 6.26 Å². The fourth-order valence-corrected chi connectivity index (χ4v) is 1.87. The molecule has 0 N–H and O–H groups in total. The zero-order chi connectivity index (χ0) is 12.3. The molecule has 0 saturated carbocycles. The summed E-state index contributed by atoms with van der Waals surface area (Å²) in [4.78, 5) is 11.6. The number of rotatable bonds is 4. The van der Waals surface area contributed by atoms with Crippen LogP contribution in [0, 0.1) is 0 Å². The average Bonchev–Trinajstić information content (AvgIpc) is 2.19. The van der Waals surface area contributed by atoms with Gasteiger partial charge in [-0.2, -0.15) is 0 Å². The Bertz CT molecular complexity index is 476. The molecule has 0 heterocycles. The van der Waals surface area contributed by atoms with Gasteiger partial charge in [0.1, 0.15) is 5.25 Å². The van der Waals surface area contributed by atoms with Crippen molar-refractivity contribution in [1.29, 1.82) is 0 Å². The Balaban J connectivity index is 2.76. The van der Waals surface area contributed by atoms with Gasteiger partial charge >= 0.3 is 0 Å². The molecule has 0 radical (unpaired) electrons. The van der Waals surface area contributed by atoms with E-state index in [1.165, 1.54) is 6.92 Å². The fraction of sp³-hybridized carbons (Fsp3) is 0.364. The van der Waals surface area contributed by atoms with Crippen LogP contribution in [0.2, 0.25) is 5.02 Å². The predicted molar refractivity (Wildman–Crippen MR) is 64.5 cm³/mol. The van der Waals surface area contributed by atoms with Gasteiger partial charge in [-0.15, -0.1) is 0 Å². The Morgan fingerprint density at radius 1 is 1.31 bits per heavy atom. The summed E-state index contributed by atoms with van der Waals surface area (Å²) in [5.41, 5.74) is 0.768. The molecule has 3 nitrogen and oxygen atoms in total. The first-order valence-electron chi connectivity index (χ1n) is 4.76. The van der Waals surface area contributed by atoms with E-state index >= 15 is 0 Å². The van der Waals surface area contributed by atoms with E-state index in [0.717, 1.165) is 11.8 Å². The van der Waals surface area contributed by atoms with Gasteiger partial charge < -0.3 is 0 Å². The molecule has 1 unspecified atom stereocenters. The van der Waals surface area contributed by atoms with Crippen LogP contribution in [0.25, 0.3) is 0 Å². The lowest BCUT2D eigenvalue weighted by Gasteiger charge is -2.08. The second-order valence-corrected chi connectivity index (χ2v) is 6.54. The lowest BCUT2D eigenvalue weighted by atomic mass is 10.1. The van der Waals surface area contributed by atoms with Crippen LogP contribution in [0.5, 0.6) is 0 Å². The van der Waals surface area contributed by atoms with Gasteiger partial charge in [0.15, 0.2) is 15.6 Å². The first kappa shape index (κ1) is 13.2. The standard InChI is InChI=1S/C11H13ClO3S/c1-8(16(2,14)15)11(13)7-9-3-5-10(12)6-4-9/h3-6,8H,7H2,1-2H3. The van der Waals surface area contributed by atoms with Gasteiger partial charge in [-0.05, 0) is 24.6 Å². The number of carbonyl (C=O) groups is 1. The molecule has 0 aliphatic heterocycles. The van der Waals surface area contributed by atoms with E-state index in [0.29, 0.717) is 5.02 Å². The molecule has 0 aliphatic rings. The maximum absolute atomic E-state index is 11.6. The smallest absolute Gasteiger partial charge is 0.157 e. The van der Waals surface area contributed by atoms with E-state index < -0.39 is 15.1 Å². The number of carbonyl (C=O) groups excluding carboxylic acids is 1. The summed E-state index contributed by atoms with van der Waals surface area (Å²) in [6, 6.07) is 6.79. The minimum Gasteiger partial charge on any atom is -0.298 e. The molecule has 0 saturated heterocycles. The second kappa shape index (κ2) is 4.97. The number of Topliss-reactive ketones (excluding diaryl/α,β-unsaturated/α-hetero) is 1. The van der Waals surface area contributed by atoms with Gasteiger partial charge in [-0.25, -0.2) is 8.42 Å². The summed E-state index contributed by atoms with van der Waals surface area (Å²) in [5.74, 6) is -0.301. The highest BCUT2D eigenvalue weighted by Crippen LogP contribution is 2.12. The molecule has 0 fully saturated rings. The van der Waals surface area contributed by atoms with E-state index in [2.05, 4.69) is 0 Å². The van der Waals surface area contributed by atoms with Crippen molar-refractivity contribution in [3.63, 3.8) is 0 Å². The van der Waals surface area contributed by atoms with Crippen LogP contribution in [-0.4, -0.2) is 25.7 Å². The van der Waals surface area contributed by atoms with Crippen molar-refractivity contribution < 1.29 is 13.2 Å². The van der Waals surface area contributed by atoms with Crippen LogP contribution in [-0.2, 0) is 21.1 Å². The van der Waals surface area contributed by atoms with Crippen LogP contribution in [0.4, 0.5) is 0 Å². The summed E-state index contributed by atoms with van der Waals surface area (Å²) in [6.07, 6.45) is 1.18. The van der Waals surface area contributed by atoms with Crippen LogP contribution >= 0.6 is 11.6 Å². The molecule has 0 aromatic heterocycles. The highest BCUT2D eigenvalue weighted by atomic mass is 35.5. The third-order valence-electron chi connectivity index (χ3n) is 2.39. The van der Waals surface area contributed by atoms with E-state index in [1.807, 2.05) is 0 Å². The quantitative estimate of drug-likeness (QED) is 0.831. The van der Waals surface area contributed by atoms with Crippen LogP contribution < -0.4 is 0 Å². The normalized spacial score (nSPS) is 13.4. The lowest BCUT2D eigenvalue weighted by Crippen LogP contribution is -2.27. The van der Waals surface area contributed by atoms with E-state index in [9.17, 15) is 13.2 Å². The Labute approximate surface area is 100 Å². The fourth-order valence-electron chi connectivity index (χ4n) is 1.19. The summed E-state index contributed by atoms with van der Waals surface area (Å²) in [5, 5.41) is -0.365. The SMILES string of the molecule is CC(C(=O)Cc1ccc(Cl)cc1)S(C)(=O)=O. The maximum atomic E-state index is 11.6. The zero-order valence-electron chi connectivity index (χ0n) is 9.10. The molecule has 1 rings (SSSR count). The summed E-state index contributed by atoms with van der Waals surface area (Å²) in [7, 11) is -3.31. The molecule has 88 valence electrons. The topological polar surface area (TPSA) is 51.2 Å². The molecule has 1 atom stereocenters. The van der Waals surface area contributed by atoms with Gasteiger partial charge in [0, 0.05) is 17.7 Å². The minimum atomic E-state index is -3.31. The van der Waals surface area contributed by atoms with Gasteiger partial charge in [-0.3, -0.25) is 4.79 Å². The summed E-state index contributed by atoms with van der Waals surface area (Å²) < 4.78 is 22.4. The average molecular weight is 261 g/mol. The number of benzene rings is 1. The molecule has 0 spiro atoms. The molecule has 16 heavy (non-hydrogen) atoms. The molecule has 0 bridgehead atoms. The first-order valence-corrected chi connectivity index (χ1v) is 7.10. The largest absolute Gasteiger partial charge is 0.298 e. The van der Waals surface area contributed by atoms with Crippen molar-refractivity contribution in [1.82, 2.24) is 0 Å². The van der Waals surface area contributed by atoms with E-state index in [1.54, 1.807) is 24.3 Å². The summed E-state index contributed by atoms with van der Waals surface area (Å²) in [6.45, 7) is 1.41. The highest BCUT2D eigenvalue weighted by Gasteiger charge is 2.23. The number of ketones is 1. The van der Waals surface area contributed by atoms with Crippen molar-refractivity contribution in [2.45, 2.75) is 18.6 Å². The number of sulfone groups is 1. The summed E-state index contributed by atoms with van der Waals surface area (Å²) >= 11 is 5.70.